The lowest BCUT2D eigenvalue weighted by molar-refractivity contribution is 0.0549. The van der Waals surface area contributed by atoms with Crippen LogP contribution in [0.3, 0.4) is 0 Å². The molecule has 0 aromatic carbocycles. The summed E-state index contributed by atoms with van der Waals surface area (Å²) in [5.41, 5.74) is 0.249. The summed E-state index contributed by atoms with van der Waals surface area (Å²) < 4.78 is 5.44. The van der Waals surface area contributed by atoms with Crippen molar-refractivity contribution in [3.8, 4) is 0 Å². The number of nitrogens with zero attached hydrogens (tertiary/aromatic N) is 1. The van der Waals surface area contributed by atoms with Crippen molar-refractivity contribution in [3.63, 3.8) is 0 Å². The smallest absolute Gasteiger partial charge is 0.197 e. The molecule has 0 amide bonds. The molecule has 0 aliphatic carbocycles. The van der Waals surface area contributed by atoms with Crippen LogP contribution in [0.2, 0.25) is 0 Å². The number of β-amino-alcohol motifs (C(OH)–C–C–N with tert-alkyl or cyclic N) is 1. The molecule has 4 nitrogen and oxygen atoms in total. The van der Waals surface area contributed by atoms with Gasteiger partial charge in [-0.25, -0.2) is 4.98 Å². The van der Waals surface area contributed by atoms with Crippen LogP contribution in [0.25, 0.3) is 0 Å². The van der Waals surface area contributed by atoms with Gasteiger partial charge >= 0.3 is 0 Å². The van der Waals surface area contributed by atoms with Gasteiger partial charge < -0.3 is 14.8 Å². The van der Waals surface area contributed by atoms with E-state index < -0.39 is 5.60 Å². The summed E-state index contributed by atoms with van der Waals surface area (Å²) in [5, 5.41) is 13.2. The zero-order valence-corrected chi connectivity index (χ0v) is 8.63. The van der Waals surface area contributed by atoms with E-state index in [9.17, 15) is 5.11 Å². The van der Waals surface area contributed by atoms with E-state index >= 15 is 0 Å². The molecule has 0 saturated carbocycles. The van der Waals surface area contributed by atoms with Crippen LogP contribution in [-0.4, -0.2) is 28.8 Å². The highest BCUT2D eigenvalue weighted by Crippen LogP contribution is 2.21. The summed E-state index contributed by atoms with van der Waals surface area (Å²) in [4.78, 5) is 4.26. The average molecular weight is 196 g/mol. The third-order valence-corrected chi connectivity index (χ3v) is 2.77. The van der Waals surface area contributed by atoms with E-state index in [1.165, 1.54) is 0 Å². The van der Waals surface area contributed by atoms with Gasteiger partial charge in [-0.1, -0.05) is 0 Å². The Morgan fingerprint density at radius 1 is 1.57 bits per heavy atom. The highest BCUT2D eigenvalue weighted by Gasteiger charge is 2.33. The molecule has 4 heteroatoms. The number of aryl methyl sites for hydroxylation is 2. The summed E-state index contributed by atoms with van der Waals surface area (Å²) in [6, 6.07) is 0. The lowest BCUT2D eigenvalue weighted by Crippen LogP contribution is -2.33. The minimum atomic E-state index is -0.663. The first-order chi connectivity index (χ1) is 6.59. The molecule has 2 rings (SSSR count). The van der Waals surface area contributed by atoms with Crippen molar-refractivity contribution in [2.24, 2.45) is 0 Å². The quantitative estimate of drug-likeness (QED) is 0.725. The summed E-state index contributed by atoms with van der Waals surface area (Å²) in [6.45, 7) is 5.31. The van der Waals surface area contributed by atoms with Gasteiger partial charge in [0.25, 0.3) is 0 Å². The highest BCUT2D eigenvalue weighted by molar-refractivity contribution is 5.07. The maximum atomic E-state index is 10.1. The second-order valence-corrected chi connectivity index (χ2v) is 4.08. The van der Waals surface area contributed by atoms with Gasteiger partial charge in [0, 0.05) is 6.54 Å². The Kier molecular flexibility index (Phi) is 2.33. The Morgan fingerprint density at radius 2 is 2.36 bits per heavy atom. The number of nitrogens with one attached hydrogen (secondary N) is 1. The topological polar surface area (TPSA) is 58.3 Å². The molecule has 14 heavy (non-hydrogen) atoms. The number of aliphatic hydroxyl groups is 1. The maximum Gasteiger partial charge on any atom is 0.197 e. The third-order valence-electron chi connectivity index (χ3n) is 2.77. The molecule has 1 aromatic rings. The fourth-order valence-corrected chi connectivity index (χ4v) is 1.78. The van der Waals surface area contributed by atoms with Gasteiger partial charge in [-0.05, 0) is 26.8 Å². The lowest BCUT2D eigenvalue weighted by atomic mass is 9.99. The highest BCUT2D eigenvalue weighted by atomic mass is 16.4. The molecule has 78 valence electrons. The molecule has 1 fully saturated rings. The van der Waals surface area contributed by atoms with Gasteiger partial charge in [-0.15, -0.1) is 0 Å². The summed E-state index contributed by atoms with van der Waals surface area (Å²) >= 11 is 0. The number of oxazole rings is 1. The van der Waals surface area contributed by atoms with Gasteiger partial charge in [-0.3, -0.25) is 0 Å². The molecule has 1 unspecified atom stereocenters. The van der Waals surface area contributed by atoms with Crippen molar-refractivity contribution in [1.29, 1.82) is 0 Å². The summed E-state index contributed by atoms with van der Waals surface area (Å²) in [6.07, 6.45) is 1.28. The number of hydrogen-bond acceptors (Lipinski definition) is 4. The summed E-state index contributed by atoms with van der Waals surface area (Å²) in [7, 11) is 0. The molecule has 1 aliphatic heterocycles. The number of hydrogen-bond donors (Lipinski definition) is 2. The van der Waals surface area contributed by atoms with Crippen LogP contribution in [0.4, 0.5) is 0 Å². The SMILES string of the molecule is Cc1nc(CC2(O)CCNC2)oc1C. The second kappa shape index (κ2) is 3.37. The molecule has 0 radical (unpaired) electrons. The monoisotopic (exact) mass is 196 g/mol. The van der Waals surface area contributed by atoms with Crippen LogP contribution in [0.5, 0.6) is 0 Å². The first-order valence-electron chi connectivity index (χ1n) is 4.95. The average Bonchev–Trinajstić information content (AvgIpc) is 2.62. The third kappa shape index (κ3) is 1.81. The van der Waals surface area contributed by atoms with E-state index in [2.05, 4.69) is 10.3 Å². The molecule has 2 heterocycles. The Bertz CT molecular complexity index is 307. The minimum Gasteiger partial charge on any atom is -0.446 e. The van der Waals surface area contributed by atoms with Crippen molar-refractivity contribution >= 4 is 0 Å². The molecule has 1 atom stereocenters. The molecular formula is C10H16N2O2. The van der Waals surface area contributed by atoms with Crippen molar-refractivity contribution in [3.05, 3.63) is 17.3 Å². The molecule has 0 bridgehead atoms. The van der Waals surface area contributed by atoms with Crippen molar-refractivity contribution in [2.45, 2.75) is 32.3 Å². The van der Waals surface area contributed by atoms with Crippen LogP contribution in [0.1, 0.15) is 23.8 Å². The molecule has 1 saturated heterocycles. The van der Waals surface area contributed by atoms with Crippen molar-refractivity contribution < 1.29 is 9.52 Å². The minimum absolute atomic E-state index is 0.509. The van der Waals surface area contributed by atoms with Gasteiger partial charge in [-0.2, -0.15) is 0 Å². The first kappa shape index (κ1) is 9.68. The van der Waals surface area contributed by atoms with Crippen LogP contribution in [0.15, 0.2) is 4.42 Å². The Labute approximate surface area is 83.3 Å². The van der Waals surface area contributed by atoms with E-state index in [1.54, 1.807) is 0 Å². The van der Waals surface area contributed by atoms with E-state index in [1.807, 2.05) is 13.8 Å². The molecule has 0 spiro atoms. The first-order valence-corrected chi connectivity index (χ1v) is 4.95. The zero-order valence-electron chi connectivity index (χ0n) is 8.63. The predicted molar refractivity (Wildman–Crippen MR) is 52.1 cm³/mol. The lowest BCUT2D eigenvalue weighted by Gasteiger charge is -2.18. The van der Waals surface area contributed by atoms with E-state index in [0.717, 1.165) is 24.4 Å². The van der Waals surface area contributed by atoms with Crippen LogP contribution in [0, 0.1) is 13.8 Å². The summed E-state index contributed by atoms with van der Waals surface area (Å²) in [5.74, 6) is 1.49. The van der Waals surface area contributed by atoms with E-state index in [0.29, 0.717) is 18.9 Å². The molecule has 1 aromatic heterocycles. The normalized spacial score (nSPS) is 27.1. The van der Waals surface area contributed by atoms with Crippen molar-refractivity contribution in [1.82, 2.24) is 10.3 Å². The molecular weight excluding hydrogens is 180 g/mol. The van der Waals surface area contributed by atoms with E-state index in [-0.39, 0.29) is 0 Å². The van der Waals surface area contributed by atoms with Crippen LogP contribution >= 0.6 is 0 Å². The number of rotatable bonds is 2. The fraction of sp³-hybridized carbons (Fsp3) is 0.700. The maximum absolute atomic E-state index is 10.1. The van der Waals surface area contributed by atoms with Gasteiger partial charge in [0.05, 0.1) is 17.7 Å². The largest absolute Gasteiger partial charge is 0.446 e. The van der Waals surface area contributed by atoms with Gasteiger partial charge in [0.2, 0.25) is 0 Å². The molecule has 1 aliphatic rings. The Balaban J connectivity index is 2.10. The Morgan fingerprint density at radius 3 is 2.86 bits per heavy atom. The van der Waals surface area contributed by atoms with E-state index in [4.69, 9.17) is 4.42 Å². The fourth-order valence-electron chi connectivity index (χ4n) is 1.78. The van der Waals surface area contributed by atoms with Crippen LogP contribution < -0.4 is 5.32 Å². The van der Waals surface area contributed by atoms with Crippen molar-refractivity contribution in [2.75, 3.05) is 13.1 Å². The Hall–Kier alpha value is -0.870. The predicted octanol–water partition coefficient (Wildman–Crippen LogP) is 0.558. The van der Waals surface area contributed by atoms with Gasteiger partial charge in [0.15, 0.2) is 5.89 Å². The van der Waals surface area contributed by atoms with Crippen LogP contribution in [-0.2, 0) is 6.42 Å². The number of aromatic nitrogens is 1. The standard InChI is InChI=1S/C10H16N2O2/c1-7-8(2)14-9(12-7)5-10(13)3-4-11-6-10/h11,13H,3-6H2,1-2H3. The zero-order chi connectivity index (χ0) is 10.2. The second-order valence-electron chi connectivity index (χ2n) is 4.08. The molecule has 2 N–H and O–H groups in total. The van der Waals surface area contributed by atoms with Gasteiger partial charge in [0.1, 0.15) is 5.76 Å².